The van der Waals surface area contributed by atoms with E-state index in [2.05, 4.69) is 9.88 Å². The van der Waals surface area contributed by atoms with Crippen molar-refractivity contribution in [3.8, 4) is 5.75 Å². The summed E-state index contributed by atoms with van der Waals surface area (Å²) in [5.41, 5.74) is -0.617. The van der Waals surface area contributed by atoms with Crippen LogP contribution in [0.1, 0.15) is 34.5 Å². The first kappa shape index (κ1) is 20.8. The van der Waals surface area contributed by atoms with Gasteiger partial charge in [0.25, 0.3) is 0 Å². The number of ketones is 1. The van der Waals surface area contributed by atoms with E-state index in [-0.39, 0.29) is 29.9 Å². The molecule has 4 rings (SSSR count). The number of carbonyl (C=O) groups excluding carboxylic acids is 1. The first-order chi connectivity index (χ1) is 14.1. The van der Waals surface area contributed by atoms with Gasteiger partial charge in [0.1, 0.15) is 11.4 Å². The smallest absolute Gasteiger partial charge is 0.416 e. The zero-order valence-corrected chi connectivity index (χ0v) is 16.3. The molecule has 0 spiro atoms. The van der Waals surface area contributed by atoms with Gasteiger partial charge in [0.15, 0.2) is 5.78 Å². The van der Waals surface area contributed by atoms with E-state index in [1.165, 1.54) is 30.5 Å². The largest absolute Gasteiger partial charge is 0.506 e. The molecule has 0 radical (unpaired) electrons. The number of aromatic hydroxyl groups is 1. The van der Waals surface area contributed by atoms with E-state index in [9.17, 15) is 28.2 Å². The SMILES string of the molecule is O=C(CN1C[C@@H]2CC(O)(Cc3ccc(C(F)(F)F)cc3)C[C@@H]2C1)c1ccc(O)cn1. The van der Waals surface area contributed by atoms with Crippen molar-refractivity contribution in [1.82, 2.24) is 9.88 Å². The average molecular weight is 420 g/mol. The number of aromatic nitrogens is 1. The lowest BCUT2D eigenvalue weighted by molar-refractivity contribution is -0.137. The van der Waals surface area contributed by atoms with Crippen molar-refractivity contribution in [3.63, 3.8) is 0 Å². The monoisotopic (exact) mass is 420 g/mol. The molecule has 5 nitrogen and oxygen atoms in total. The third kappa shape index (κ3) is 4.49. The summed E-state index contributed by atoms with van der Waals surface area (Å²) in [5, 5.41) is 20.3. The number of nitrogens with zero attached hydrogens (tertiary/aromatic N) is 2. The lowest BCUT2D eigenvalue weighted by Gasteiger charge is -2.26. The van der Waals surface area contributed by atoms with Gasteiger partial charge in [-0.2, -0.15) is 13.2 Å². The van der Waals surface area contributed by atoms with Crippen LogP contribution in [0.5, 0.6) is 5.75 Å². The van der Waals surface area contributed by atoms with Gasteiger partial charge in [0.2, 0.25) is 0 Å². The normalized spacial score (nSPS) is 26.7. The molecule has 160 valence electrons. The summed E-state index contributed by atoms with van der Waals surface area (Å²) in [6, 6.07) is 7.91. The molecule has 1 aromatic heterocycles. The molecule has 3 atom stereocenters. The molecule has 2 aliphatic rings. The number of pyridine rings is 1. The van der Waals surface area contributed by atoms with E-state index in [0.717, 1.165) is 12.1 Å². The third-order valence-corrected chi connectivity index (χ3v) is 6.15. The number of Topliss-reactive ketones (excluding diaryl/α,β-unsaturated/α-hetero) is 1. The number of aliphatic hydroxyl groups is 1. The highest BCUT2D eigenvalue weighted by atomic mass is 19.4. The molecule has 1 aliphatic heterocycles. The van der Waals surface area contributed by atoms with E-state index in [0.29, 0.717) is 43.6 Å². The summed E-state index contributed by atoms with van der Waals surface area (Å²) in [5.74, 6) is 0.402. The average Bonchev–Trinajstić information content (AvgIpc) is 3.15. The lowest BCUT2D eigenvalue weighted by Crippen LogP contribution is -2.34. The maximum absolute atomic E-state index is 12.7. The fourth-order valence-corrected chi connectivity index (χ4v) is 4.86. The molecule has 2 heterocycles. The molecule has 2 N–H and O–H groups in total. The summed E-state index contributed by atoms with van der Waals surface area (Å²) in [6.07, 6.45) is -1.65. The van der Waals surface area contributed by atoms with Gasteiger partial charge in [0.05, 0.1) is 23.9 Å². The Bertz CT molecular complexity index is 899. The lowest BCUT2D eigenvalue weighted by atomic mass is 9.91. The van der Waals surface area contributed by atoms with E-state index in [1.807, 2.05) is 0 Å². The van der Waals surface area contributed by atoms with Gasteiger partial charge < -0.3 is 10.2 Å². The second-order valence-electron chi connectivity index (χ2n) is 8.54. The molecule has 0 amide bonds. The topological polar surface area (TPSA) is 73.7 Å². The Hall–Kier alpha value is -2.45. The van der Waals surface area contributed by atoms with Gasteiger partial charge in [-0.05, 0) is 54.5 Å². The molecule has 1 saturated heterocycles. The van der Waals surface area contributed by atoms with Gasteiger partial charge >= 0.3 is 6.18 Å². The van der Waals surface area contributed by atoms with Crippen molar-refractivity contribution in [2.75, 3.05) is 19.6 Å². The summed E-state index contributed by atoms with van der Waals surface area (Å²) in [6.45, 7) is 1.63. The summed E-state index contributed by atoms with van der Waals surface area (Å²) in [4.78, 5) is 18.4. The first-order valence-corrected chi connectivity index (χ1v) is 9.90. The van der Waals surface area contributed by atoms with Crippen LogP contribution >= 0.6 is 0 Å². The van der Waals surface area contributed by atoms with Crippen LogP contribution in [0.4, 0.5) is 13.2 Å². The van der Waals surface area contributed by atoms with Gasteiger partial charge in [0, 0.05) is 19.5 Å². The Morgan fingerprint density at radius 1 is 1.10 bits per heavy atom. The molecular weight excluding hydrogens is 397 g/mol. The number of carbonyl (C=O) groups is 1. The minimum Gasteiger partial charge on any atom is -0.506 e. The number of halogens is 3. The molecule has 1 aliphatic carbocycles. The van der Waals surface area contributed by atoms with Crippen LogP contribution in [0.2, 0.25) is 0 Å². The van der Waals surface area contributed by atoms with Crippen LogP contribution in [-0.4, -0.2) is 51.1 Å². The highest BCUT2D eigenvalue weighted by molar-refractivity contribution is 5.95. The number of likely N-dealkylation sites (tertiary alicyclic amines) is 1. The second kappa shape index (κ2) is 7.67. The quantitative estimate of drug-likeness (QED) is 0.727. The molecule has 1 aromatic carbocycles. The molecular formula is C22H23F3N2O3. The van der Waals surface area contributed by atoms with E-state index in [1.54, 1.807) is 0 Å². The number of alkyl halides is 3. The summed E-state index contributed by atoms with van der Waals surface area (Å²) >= 11 is 0. The summed E-state index contributed by atoms with van der Waals surface area (Å²) < 4.78 is 38.1. The second-order valence-corrected chi connectivity index (χ2v) is 8.54. The highest BCUT2D eigenvalue weighted by Gasteiger charge is 2.48. The van der Waals surface area contributed by atoms with E-state index in [4.69, 9.17) is 0 Å². The molecule has 0 bridgehead atoms. The predicted molar refractivity (Wildman–Crippen MR) is 103 cm³/mol. The van der Waals surface area contributed by atoms with Crippen LogP contribution in [0.3, 0.4) is 0 Å². The Labute approximate surface area is 172 Å². The van der Waals surface area contributed by atoms with Crippen LogP contribution in [0.25, 0.3) is 0 Å². The maximum Gasteiger partial charge on any atom is 0.416 e. The molecule has 2 aromatic rings. The molecule has 8 heteroatoms. The molecule has 1 saturated carbocycles. The van der Waals surface area contributed by atoms with E-state index >= 15 is 0 Å². The number of hydrogen-bond donors (Lipinski definition) is 2. The van der Waals surface area contributed by atoms with Gasteiger partial charge in [-0.15, -0.1) is 0 Å². The Kier molecular flexibility index (Phi) is 5.32. The predicted octanol–water partition coefficient (Wildman–Crippen LogP) is 3.30. The zero-order chi connectivity index (χ0) is 21.5. The fourth-order valence-electron chi connectivity index (χ4n) is 4.86. The Balaban J connectivity index is 1.32. The zero-order valence-electron chi connectivity index (χ0n) is 16.3. The minimum absolute atomic E-state index is 0.00888. The van der Waals surface area contributed by atoms with Crippen molar-refractivity contribution >= 4 is 5.78 Å². The maximum atomic E-state index is 12.7. The third-order valence-electron chi connectivity index (χ3n) is 6.15. The van der Waals surface area contributed by atoms with Crippen LogP contribution in [-0.2, 0) is 12.6 Å². The Morgan fingerprint density at radius 3 is 2.27 bits per heavy atom. The summed E-state index contributed by atoms with van der Waals surface area (Å²) in [7, 11) is 0. The molecule has 30 heavy (non-hydrogen) atoms. The van der Waals surface area contributed by atoms with Crippen LogP contribution < -0.4 is 0 Å². The standard InChI is InChI=1S/C22H23F3N2O3/c23-22(24,25)17-3-1-14(2-4-17)7-21(30)8-15-11-27(12-16(15)9-21)13-20(29)19-6-5-18(28)10-26-19/h1-6,10,15-16,28,30H,7-9,11-13H2/t15-,16+,21?. The van der Waals surface area contributed by atoms with Crippen molar-refractivity contribution < 1.29 is 28.2 Å². The van der Waals surface area contributed by atoms with Crippen molar-refractivity contribution in [2.45, 2.75) is 31.0 Å². The van der Waals surface area contributed by atoms with Gasteiger partial charge in [-0.25, -0.2) is 4.98 Å². The highest BCUT2D eigenvalue weighted by Crippen LogP contribution is 2.45. The van der Waals surface area contributed by atoms with E-state index < -0.39 is 17.3 Å². The van der Waals surface area contributed by atoms with Gasteiger partial charge in [-0.1, -0.05) is 12.1 Å². The molecule has 2 fully saturated rings. The number of hydrogen-bond acceptors (Lipinski definition) is 5. The van der Waals surface area contributed by atoms with Crippen LogP contribution in [0.15, 0.2) is 42.6 Å². The fraction of sp³-hybridized carbons (Fsp3) is 0.455. The van der Waals surface area contributed by atoms with Crippen molar-refractivity contribution in [2.24, 2.45) is 11.8 Å². The number of rotatable bonds is 5. The van der Waals surface area contributed by atoms with Gasteiger partial charge in [-0.3, -0.25) is 9.69 Å². The van der Waals surface area contributed by atoms with Crippen molar-refractivity contribution in [1.29, 1.82) is 0 Å². The number of benzene rings is 1. The van der Waals surface area contributed by atoms with Crippen molar-refractivity contribution in [3.05, 3.63) is 59.4 Å². The Morgan fingerprint density at radius 2 is 1.73 bits per heavy atom. The minimum atomic E-state index is -4.36. The molecule has 1 unspecified atom stereocenters. The number of fused-ring (bicyclic) bond motifs is 1. The first-order valence-electron chi connectivity index (χ1n) is 9.90. The van der Waals surface area contributed by atoms with Crippen LogP contribution in [0, 0.1) is 11.8 Å².